The molecule has 2 rings (SSSR count). The highest BCUT2D eigenvalue weighted by molar-refractivity contribution is 6.30. The fourth-order valence-electron chi connectivity index (χ4n) is 2.27. The molecule has 0 aliphatic carbocycles. The van der Waals surface area contributed by atoms with Gasteiger partial charge in [-0.1, -0.05) is 54.9 Å². The van der Waals surface area contributed by atoms with Gasteiger partial charge < -0.3 is 10.1 Å². The van der Waals surface area contributed by atoms with Gasteiger partial charge in [-0.25, -0.2) is 0 Å². The van der Waals surface area contributed by atoms with Crippen LogP contribution in [-0.4, -0.2) is 19.2 Å². The SMILES string of the molecule is CCNC(CCc1ccccc1)COc1cccc(Cl)c1. The van der Waals surface area contributed by atoms with E-state index in [1.165, 1.54) is 5.56 Å². The Morgan fingerprint density at radius 1 is 1.10 bits per heavy atom. The van der Waals surface area contributed by atoms with Crippen LogP contribution >= 0.6 is 11.6 Å². The highest BCUT2D eigenvalue weighted by Gasteiger charge is 2.09. The summed E-state index contributed by atoms with van der Waals surface area (Å²) in [6.07, 6.45) is 2.11. The average Bonchev–Trinajstić information content (AvgIpc) is 2.51. The number of hydrogen-bond donors (Lipinski definition) is 1. The van der Waals surface area contributed by atoms with E-state index in [0.717, 1.165) is 25.1 Å². The number of aryl methyl sites for hydroxylation is 1. The second-order valence-corrected chi connectivity index (χ2v) is 5.48. The molecule has 1 atom stereocenters. The van der Waals surface area contributed by atoms with E-state index in [-0.39, 0.29) is 0 Å². The molecule has 1 unspecified atom stereocenters. The third-order valence-corrected chi connectivity index (χ3v) is 3.60. The van der Waals surface area contributed by atoms with Gasteiger partial charge in [-0.3, -0.25) is 0 Å². The maximum atomic E-state index is 5.97. The van der Waals surface area contributed by atoms with Crippen LogP contribution < -0.4 is 10.1 Å². The lowest BCUT2D eigenvalue weighted by Gasteiger charge is -2.18. The summed E-state index contributed by atoms with van der Waals surface area (Å²) in [5, 5.41) is 4.19. The van der Waals surface area contributed by atoms with E-state index in [0.29, 0.717) is 17.7 Å². The lowest BCUT2D eigenvalue weighted by atomic mass is 10.1. The van der Waals surface area contributed by atoms with Crippen LogP contribution in [0, 0.1) is 0 Å². The molecule has 3 heteroatoms. The smallest absolute Gasteiger partial charge is 0.120 e. The molecule has 0 aliphatic heterocycles. The summed E-state index contributed by atoms with van der Waals surface area (Å²) < 4.78 is 5.84. The van der Waals surface area contributed by atoms with Crippen LogP contribution in [0.3, 0.4) is 0 Å². The molecule has 2 nitrogen and oxygen atoms in total. The van der Waals surface area contributed by atoms with Crippen molar-refractivity contribution in [1.82, 2.24) is 5.32 Å². The van der Waals surface area contributed by atoms with E-state index in [1.54, 1.807) is 0 Å². The van der Waals surface area contributed by atoms with Crippen molar-refractivity contribution in [3.05, 3.63) is 65.2 Å². The highest BCUT2D eigenvalue weighted by atomic mass is 35.5. The van der Waals surface area contributed by atoms with E-state index >= 15 is 0 Å². The lowest BCUT2D eigenvalue weighted by Crippen LogP contribution is -2.35. The minimum Gasteiger partial charge on any atom is -0.492 e. The van der Waals surface area contributed by atoms with Crippen molar-refractivity contribution in [2.75, 3.05) is 13.2 Å². The molecular weight excluding hydrogens is 282 g/mol. The van der Waals surface area contributed by atoms with Crippen molar-refractivity contribution in [2.45, 2.75) is 25.8 Å². The largest absolute Gasteiger partial charge is 0.492 e. The number of ether oxygens (including phenoxy) is 1. The Hall–Kier alpha value is -1.51. The third kappa shape index (κ3) is 5.78. The van der Waals surface area contributed by atoms with Gasteiger partial charge in [0, 0.05) is 11.1 Å². The predicted octanol–water partition coefficient (Wildman–Crippen LogP) is 4.33. The van der Waals surface area contributed by atoms with Crippen molar-refractivity contribution in [1.29, 1.82) is 0 Å². The summed E-state index contributed by atoms with van der Waals surface area (Å²) in [6.45, 7) is 3.72. The zero-order chi connectivity index (χ0) is 14.9. The van der Waals surface area contributed by atoms with Gasteiger partial charge in [-0.2, -0.15) is 0 Å². The molecule has 0 bridgehead atoms. The molecule has 0 saturated carbocycles. The fraction of sp³-hybridized carbons (Fsp3) is 0.333. The van der Waals surface area contributed by atoms with Crippen LogP contribution in [0.1, 0.15) is 18.9 Å². The average molecular weight is 304 g/mol. The van der Waals surface area contributed by atoms with Crippen molar-refractivity contribution < 1.29 is 4.74 Å². The minimum absolute atomic E-state index is 0.342. The standard InChI is InChI=1S/C18H22ClNO/c1-2-20-17(12-11-15-7-4-3-5-8-15)14-21-18-10-6-9-16(19)13-18/h3-10,13,17,20H,2,11-12,14H2,1H3. The van der Waals surface area contributed by atoms with Gasteiger partial charge in [-0.15, -0.1) is 0 Å². The van der Waals surface area contributed by atoms with E-state index in [1.807, 2.05) is 30.3 Å². The number of benzene rings is 2. The van der Waals surface area contributed by atoms with Gasteiger partial charge in [0.25, 0.3) is 0 Å². The molecule has 0 fully saturated rings. The van der Waals surface area contributed by atoms with Crippen molar-refractivity contribution >= 4 is 11.6 Å². The molecule has 2 aromatic rings. The minimum atomic E-state index is 0.342. The Kier molecular flexibility index (Phi) is 6.58. The van der Waals surface area contributed by atoms with Crippen molar-refractivity contribution in [3.63, 3.8) is 0 Å². The first kappa shape index (κ1) is 15.9. The van der Waals surface area contributed by atoms with Crippen LogP contribution in [0.25, 0.3) is 0 Å². The first-order valence-electron chi connectivity index (χ1n) is 7.43. The van der Waals surface area contributed by atoms with Gasteiger partial charge in [0.1, 0.15) is 12.4 Å². The van der Waals surface area contributed by atoms with Gasteiger partial charge in [0.2, 0.25) is 0 Å². The predicted molar refractivity (Wildman–Crippen MR) is 89.2 cm³/mol. The Labute approximate surface area is 132 Å². The third-order valence-electron chi connectivity index (χ3n) is 3.36. The summed E-state index contributed by atoms with van der Waals surface area (Å²) >= 11 is 5.97. The second-order valence-electron chi connectivity index (χ2n) is 5.05. The lowest BCUT2D eigenvalue weighted by molar-refractivity contribution is 0.258. The Balaban J connectivity index is 1.84. The molecule has 0 aromatic heterocycles. The summed E-state index contributed by atoms with van der Waals surface area (Å²) in [5.74, 6) is 0.824. The quantitative estimate of drug-likeness (QED) is 0.784. The zero-order valence-electron chi connectivity index (χ0n) is 12.4. The molecule has 1 N–H and O–H groups in total. The van der Waals surface area contributed by atoms with Crippen LogP contribution in [0.5, 0.6) is 5.75 Å². The number of halogens is 1. The van der Waals surface area contributed by atoms with Crippen LogP contribution in [0.2, 0.25) is 5.02 Å². The summed E-state index contributed by atoms with van der Waals surface area (Å²) in [7, 11) is 0. The van der Waals surface area contributed by atoms with Gasteiger partial charge in [0.05, 0.1) is 0 Å². The number of nitrogens with one attached hydrogen (secondary N) is 1. The second kappa shape index (κ2) is 8.71. The van der Waals surface area contributed by atoms with E-state index < -0.39 is 0 Å². The van der Waals surface area contributed by atoms with Crippen LogP contribution in [0.4, 0.5) is 0 Å². The molecule has 112 valence electrons. The summed E-state index contributed by atoms with van der Waals surface area (Å²) in [5.41, 5.74) is 1.36. The molecule has 0 radical (unpaired) electrons. The first-order valence-corrected chi connectivity index (χ1v) is 7.81. The fourth-order valence-corrected chi connectivity index (χ4v) is 2.45. The van der Waals surface area contributed by atoms with Gasteiger partial charge in [-0.05, 0) is 43.1 Å². The molecular formula is C18H22ClNO. The maximum Gasteiger partial charge on any atom is 0.120 e. The summed E-state index contributed by atoms with van der Waals surface area (Å²) in [4.78, 5) is 0. The molecule has 0 amide bonds. The Bertz CT molecular complexity index is 530. The van der Waals surface area contributed by atoms with Gasteiger partial charge >= 0.3 is 0 Å². The van der Waals surface area contributed by atoms with Gasteiger partial charge in [0.15, 0.2) is 0 Å². The first-order chi connectivity index (χ1) is 10.3. The summed E-state index contributed by atoms with van der Waals surface area (Å²) in [6, 6.07) is 18.4. The highest BCUT2D eigenvalue weighted by Crippen LogP contribution is 2.17. The maximum absolute atomic E-state index is 5.97. The number of hydrogen-bond acceptors (Lipinski definition) is 2. The Morgan fingerprint density at radius 3 is 2.62 bits per heavy atom. The van der Waals surface area contributed by atoms with E-state index in [2.05, 4.69) is 36.5 Å². The molecule has 0 spiro atoms. The molecule has 0 heterocycles. The molecule has 2 aromatic carbocycles. The van der Waals surface area contributed by atoms with Crippen LogP contribution in [-0.2, 0) is 6.42 Å². The monoisotopic (exact) mass is 303 g/mol. The number of likely N-dealkylation sites (N-methyl/N-ethyl adjacent to an activating group) is 1. The normalized spacial score (nSPS) is 12.1. The molecule has 0 saturated heterocycles. The topological polar surface area (TPSA) is 21.3 Å². The molecule has 21 heavy (non-hydrogen) atoms. The molecule has 0 aliphatic rings. The van der Waals surface area contributed by atoms with E-state index in [4.69, 9.17) is 16.3 Å². The Morgan fingerprint density at radius 2 is 1.90 bits per heavy atom. The number of rotatable bonds is 8. The van der Waals surface area contributed by atoms with E-state index in [9.17, 15) is 0 Å². The van der Waals surface area contributed by atoms with Crippen LogP contribution in [0.15, 0.2) is 54.6 Å². The van der Waals surface area contributed by atoms with Crippen molar-refractivity contribution in [2.24, 2.45) is 0 Å². The zero-order valence-corrected chi connectivity index (χ0v) is 13.1. The van der Waals surface area contributed by atoms with Crippen molar-refractivity contribution in [3.8, 4) is 5.75 Å².